The van der Waals surface area contributed by atoms with Gasteiger partial charge in [-0.05, 0) is 35.4 Å². The summed E-state index contributed by atoms with van der Waals surface area (Å²) in [5.41, 5.74) is 6.06. The Bertz CT molecular complexity index is 1220. The van der Waals surface area contributed by atoms with E-state index in [0.717, 1.165) is 33.9 Å². The zero-order valence-corrected chi connectivity index (χ0v) is 21.5. The van der Waals surface area contributed by atoms with Crippen molar-refractivity contribution >= 4 is 0 Å². The van der Waals surface area contributed by atoms with Gasteiger partial charge in [0, 0.05) is 36.4 Å². The van der Waals surface area contributed by atoms with Crippen molar-refractivity contribution in [3.63, 3.8) is 0 Å². The van der Waals surface area contributed by atoms with Crippen LogP contribution in [-0.2, 0) is 0 Å². The van der Waals surface area contributed by atoms with Crippen molar-refractivity contribution in [2.24, 2.45) is 0 Å². The fourth-order valence-electron chi connectivity index (χ4n) is 2.66. The van der Waals surface area contributed by atoms with Gasteiger partial charge in [-0.25, -0.2) is 19.9 Å². The number of pyridine rings is 4. The van der Waals surface area contributed by atoms with Crippen LogP contribution < -0.4 is 15.0 Å². The summed E-state index contributed by atoms with van der Waals surface area (Å²) in [5.74, 6) is 0. The van der Waals surface area contributed by atoms with E-state index in [9.17, 15) is 0 Å². The maximum Gasteiger partial charge on any atom is 0.291 e. The first kappa shape index (κ1) is 38.7. The van der Waals surface area contributed by atoms with Crippen LogP contribution in [0, 0.1) is 66.2 Å². The quantitative estimate of drug-likeness (QED) is 0.238. The number of hydrogen-bond acceptors (Lipinski definition) is 14. The van der Waals surface area contributed by atoms with Crippen LogP contribution in [0.25, 0.3) is 33.9 Å². The lowest BCUT2D eigenvalue weighted by atomic mass is 10.0. The maximum atomic E-state index is 8.36. The Balaban J connectivity index is 0. The highest BCUT2D eigenvalue weighted by molar-refractivity contribution is 5.73. The Morgan fingerprint density at radius 3 is 1.11 bits per heavy atom. The van der Waals surface area contributed by atoms with Crippen molar-refractivity contribution in [1.29, 1.82) is 0 Å². The largest absolute Gasteiger partial charge is 0.356 e. The number of H-pyrrole nitrogens is 3. The van der Waals surface area contributed by atoms with Gasteiger partial charge in [0.2, 0.25) is 11.4 Å². The molecule has 0 atom stereocenters. The Morgan fingerprint density at radius 2 is 0.841 bits per heavy atom. The summed E-state index contributed by atoms with van der Waals surface area (Å²) in [6.45, 7) is 0. The van der Waals surface area contributed by atoms with E-state index in [4.69, 9.17) is 81.6 Å². The molecule has 0 unspecified atom stereocenters. The number of nitrogens with zero attached hydrogens (tertiary/aromatic N) is 6. The predicted octanol–water partition coefficient (Wildman–Crippen LogP) is 1.11. The number of hydrogen-bond donors (Lipinski definition) is 2. The Kier molecular flexibility index (Phi) is 19.7. The molecule has 0 bridgehead atoms. The van der Waals surface area contributed by atoms with E-state index in [1.807, 2.05) is 61.2 Å². The third kappa shape index (κ3) is 23.7. The van der Waals surface area contributed by atoms with Gasteiger partial charge in [-0.2, -0.15) is 0 Å². The summed E-state index contributed by atoms with van der Waals surface area (Å²) in [4.78, 5) is 55.9. The molecule has 0 aliphatic carbocycles. The average molecular weight is 625 g/mol. The van der Waals surface area contributed by atoms with Crippen LogP contribution in [0.5, 0.6) is 0 Å². The van der Waals surface area contributed by atoms with E-state index in [1.165, 1.54) is 0 Å². The molecule has 0 aromatic carbocycles. The fourth-order valence-corrected chi connectivity index (χ4v) is 2.66. The van der Waals surface area contributed by atoms with Gasteiger partial charge >= 0.3 is 0 Å². The molecule has 234 valence electrons. The second-order valence-corrected chi connectivity index (χ2v) is 6.61. The Labute approximate surface area is 242 Å². The van der Waals surface area contributed by atoms with E-state index in [1.54, 1.807) is 0 Å². The summed E-state index contributed by atoms with van der Waals surface area (Å²) in [5, 5.41) is 71.5. The van der Waals surface area contributed by atoms with Gasteiger partial charge in [-0.15, -0.1) is 20.2 Å². The van der Waals surface area contributed by atoms with Gasteiger partial charge < -0.3 is 56.4 Å². The maximum absolute atomic E-state index is 8.36. The molecular formula is C20H19N9O15. The lowest BCUT2D eigenvalue weighted by molar-refractivity contribution is -0.742. The van der Waals surface area contributed by atoms with Crippen LogP contribution in [-0.4, -0.2) is 40.8 Å². The van der Waals surface area contributed by atoms with Gasteiger partial charge in [-0.3, -0.25) is 0 Å². The van der Waals surface area contributed by atoms with E-state index in [2.05, 4.69) is 39.2 Å². The number of nitrogens with one attached hydrogen (secondary N) is 3. The van der Waals surface area contributed by atoms with Crippen LogP contribution in [0.15, 0.2) is 85.5 Å². The molecule has 0 fully saturated rings. The highest BCUT2D eigenvalue weighted by Gasteiger charge is 2.15. The van der Waals surface area contributed by atoms with Crippen molar-refractivity contribution < 1.29 is 50.8 Å². The monoisotopic (exact) mass is 625 g/mol. The lowest BCUT2D eigenvalue weighted by Gasteiger charge is -2.05. The SMILES string of the molecule is O=[N+]([O-])O.O=[N+]([O-])O.O=[N+]([O-])[O-].O=[N+]([O-])[O-].O=[N+]([O-])[O-].c1ccc(-c2cc(-c3cc[nH+]cc3)cc(-c3cccc[nH+]3)n2)[nH+]c1. The van der Waals surface area contributed by atoms with Gasteiger partial charge in [0.05, 0.1) is 15.3 Å². The molecule has 24 heteroatoms. The molecule has 44 heavy (non-hydrogen) atoms. The van der Waals surface area contributed by atoms with Crippen LogP contribution in [0.1, 0.15) is 0 Å². The van der Waals surface area contributed by atoms with Gasteiger partial charge in [0.1, 0.15) is 11.4 Å². The lowest BCUT2D eigenvalue weighted by Crippen LogP contribution is -2.09. The molecule has 0 amide bonds. The van der Waals surface area contributed by atoms with Gasteiger partial charge in [-0.1, -0.05) is 0 Å². The van der Waals surface area contributed by atoms with Crippen LogP contribution in [0.2, 0.25) is 0 Å². The molecule has 0 aliphatic heterocycles. The topological polar surface area (TPSA) is 381 Å². The first-order chi connectivity index (χ1) is 20.6. The summed E-state index contributed by atoms with van der Waals surface area (Å²) in [7, 11) is 0. The Morgan fingerprint density at radius 1 is 0.523 bits per heavy atom. The van der Waals surface area contributed by atoms with Gasteiger partial charge in [0.25, 0.3) is 10.2 Å². The van der Waals surface area contributed by atoms with Gasteiger partial charge in [0.15, 0.2) is 24.8 Å². The highest BCUT2D eigenvalue weighted by atomic mass is 16.9. The molecule has 4 heterocycles. The van der Waals surface area contributed by atoms with Crippen molar-refractivity contribution in [1.82, 2.24) is 4.98 Å². The highest BCUT2D eigenvalue weighted by Crippen LogP contribution is 2.26. The number of aromatic amines is 3. The normalized spacial score (nSPS) is 8.45. The second-order valence-electron chi connectivity index (χ2n) is 6.61. The molecule has 4 aromatic heterocycles. The first-order valence-electron chi connectivity index (χ1n) is 10.6. The standard InChI is InChI=1S/C20H14N4.2HNO3.3NO3/c1-3-9-22-17(5-1)19-13-16(15-7-11-21-12-8-15)14-20(24-19)18-6-2-4-10-23-18;5*2-1(3)4/h1-14H;2*(H,2,3,4);;;/q;;;3*-1/p+3. The molecule has 0 radical (unpaired) electrons. The molecule has 4 rings (SSSR count). The van der Waals surface area contributed by atoms with E-state index >= 15 is 0 Å². The first-order valence-corrected chi connectivity index (χ1v) is 10.6. The minimum atomic E-state index is -1.75. The molecular weight excluding hydrogens is 606 g/mol. The minimum absolute atomic E-state index is 0.910. The summed E-state index contributed by atoms with van der Waals surface area (Å²) >= 11 is 0. The third-order valence-corrected chi connectivity index (χ3v) is 3.85. The molecule has 0 spiro atoms. The van der Waals surface area contributed by atoms with Crippen LogP contribution in [0.4, 0.5) is 0 Å². The van der Waals surface area contributed by atoms with Crippen molar-refractivity contribution in [3.05, 3.63) is 152 Å². The molecule has 0 saturated carbocycles. The zero-order valence-electron chi connectivity index (χ0n) is 21.5. The predicted molar refractivity (Wildman–Crippen MR) is 139 cm³/mol. The zero-order chi connectivity index (χ0) is 34.1. The fraction of sp³-hybridized carbons (Fsp3) is 0. The average Bonchev–Trinajstić information content (AvgIpc) is 2.93. The molecule has 5 N–H and O–H groups in total. The minimum Gasteiger partial charge on any atom is -0.356 e. The summed E-state index contributed by atoms with van der Waals surface area (Å²) in [6, 6.07) is 20.3. The van der Waals surface area contributed by atoms with Crippen molar-refractivity contribution in [3.8, 4) is 33.9 Å². The van der Waals surface area contributed by atoms with E-state index in [-0.39, 0.29) is 0 Å². The van der Waals surface area contributed by atoms with E-state index in [0.29, 0.717) is 0 Å². The Hall–Kier alpha value is -7.40. The van der Waals surface area contributed by atoms with Crippen molar-refractivity contribution in [2.45, 2.75) is 0 Å². The van der Waals surface area contributed by atoms with E-state index < -0.39 is 25.4 Å². The molecule has 0 aliphatic rings. The van der Waals surface area contributed by atoms with Crippen molar-refractivity contribution in [2.75, 3.05) is 0 Å². The molecule has 0 saturated heterocycles. The number of aromatic nitrogens is 4. The third-order valence-electron chi connectivity index (χ3n) is 3.85. The molecule has 4 aromatic rings. The second kappa shape index (κ2) is 22.4. The molecule has 24 nitrogen and oxygen atoms in total. The number of rotatable bonds is 3. The van der Waals surface area contributed by atoms with Crippen LogP contribution >= 0.6 is 0 Å². The summed E-state index contributed by atoms with van der Waals surface area (Å²) < 4.78 is 0. The smallest absolute Gasteiger partial charge is 0.291 e. The van der Waals surface area contributed by atoms with Crippen LogP contribution in [0.3, 0.4) is 0 Å². The summed E-state index contributed by atoms with van der Waals surface area (Å²) in [6.07, 6.45) is 7.68.